The van der Waals surface area contributed by atoms with Crippen LogP contribution in [0, 0.1) is 24.0 Å². The molecule has 0 atom stereocenters. The second kappa shape index (κ2) is 9.61. The van der Waals surface area contributed by atoms with Crippen molar-refractivity contribution < 1.29 is 18.6 Å². The number of benzene rings is 2. The van der Waals surface area contributed by atoms with Crippen LogP contribution in [-0.2, 0) is 0 Å². The Morgan fingerprint density at radius 3 is 2.60 bits per heavy atom. The first kappa shape index (κ1) is 26.3. The number of anilines is 1. The Labute approximate surface area is 248 Å². The van der Waals surface area contributed by atoms with E-state index < -0.39 is 11.6 Å². The van der Waals surface area contributed by atoms with Gasteiger partial charge in [-0.2, -0.15) is 9.97 Å². The molecule has 8 rings (SSSR count). The maximum atomic E-state index is 16.9. The molecule has 7 nitrogen and oxygen atoms in total. The predicted molar refractivity (Wildman–Crippen MR) is 162 cm³/mol. The van der Waals surface area contributed by atoms with E-state index in [2.05, 4.69) is 20.7 Å². The van der Waals surface area contributed by atoms with Crippen LogP contribution in [-0.4, -0.2) is 56.7 Å². The molecule has 218 valence electrons. The Morgan fingerprint density at radius 2 is 1.81 bits per heavy atom. The van der Waals surface area contributed by atoms with E-state index in [1.807, 2.05) is 6.92 Å². The number of phenolic OH excluding ortho intramolecular Hbond substituents is 1. The third-order valence-electron chi connectivity index (χ3n) is 9.89. The van der Waals surface area contributed by atoms with Gasteiger partial charge in [0, 0.05) is 23.2 Å². The van der Waals surface area contributed by atoms with E-state index in [4.69, 9.17) is 21.1 Å². The van der Waals surface area contributed by atoms with Crippen molar-refractivity contribution in [2.45, 2.75) is 57.4 Å². The van der Waals surface area contributed by atoms with Crippen LogP contribution in [0.3, 0.4) is 0 Å². The van der Waals surface area contributed by atoms with E-state index in [0.29, 0.717) is 34.3 Å². The highest BCUT2D eigenvalue weighted by Crippen LogP contribution is 2.47. The number of pyridine rings is 1. The summed E-state index contributed by atoms with van der Waals surface area (Å²) in [6.45, 7) is 5.35. The fraction of sp³-hybridized carbons (Fsp3) is 0.382. The summed E-state index contributed by atoms with van der Waals surface area (Å²) in [7, 11) is 0. The predicted octanol–water partition coefficient (Wildman–Crippen LogP) is 6.55. The highest BCUT2D eigenvalue weighted by molar-refractivity contribution is 6.07. The summed E-state index contributed by atoms with van der Waals surface area (Å²) in [5.74, 6) is 1.62. The zero-order valence-electron chi connectivity index (χ0n) is 24.0. The third-order valence-corrected chi connectivity index (χ3v) is 9.89. The van der Waals surface area contributed by atoms with Crippen molar-refractivity contribution in [1.29, 1.82) is 0 Å². The van der Waals surface area contributed by atoms with E-state index in [9.17, 15) is 9.50 Å². The lowest BCUT2D eigenvalue weighted by atomic mass is 9.92. The molecule has 0 saturated carbocycles. The molecule has 4 aromatic rings. The zero-order chi connectivity index (χ0) is 29.5. The molecule has 2 aromatic carbocycles. The summed E-state index contributed by atoms with van der Waals surface area (Å²) in [5.41, 5.74) is 2.81. The van der Waals surface area contributed by atoms with Crippen LogP contribution in [0.25, 0.3) is 38.5 Å². The molecule has 3 saturated heterocycles. The molecule has 43 heavy (non-hydrogen) atoms. The van der Waals surface area contributed by atoms with Crippen LogP contribution in [0.4, 0.5) is 14.6 Å². The first-order valence-electron chi connectivity index (χ1n) is 15.1. The van der Waals surface area contributed by atoms with Crippen molar-refractivity contribution in [1.82, 2.24) is 19.9 Å². The number of aromatic nitrogens is 3. The van der Waals surface area contributed by atoms with Gasteiger partial charge in [0.1, 0.15) is 35.2 Å². The summed E-state index contributed by atoms with van der Waals surface area (Å²) in [4.78, 5) is 19.1. The van der Waals surface area contributed by atoms with Gasteiger partial charge in [0.25, 0.3) is 0 Å². The highest BCUT2D eigenvalue weighted by Gasteiger charge is 2.45. The molecule has 6 heterocycles. The molecule has 1 N–H and O–H groups in total. The fourth-order valence-electron chi connectivity index (χ4n) is 7.85. The molecule has 2 aromatic heterocycles. The van der Waals surface area contributed by atoms with Gasteiger partial charge < -0.3 is 14.7 Å². The number of fused-ring (bicyclic) bond motifs is 4. The monoisotopic (exact) mass is 579 g/mol. The standard InChI is InChI=1S/C34H31F2N5O2/c1-3-22-24(35)10-9-20-16-21(42)17-23(26(20)22)30-28(36)31-27-29(37-30)19(2)25-8-4-5-15-41(25)32(27)39-33(38-31)43-18-34-11-6-13-40(34)14-7-12-34/h1,9-10,16-17,42H,4-8,11-15,18H2,2H3. The highest BCUT2D eigenvalue weighted by atomic mass is 19.1. The smallest absolute Gasteiger partial charge is 0.319 e. The van der Waals surface area contributed by atoms with Gasteiger partial charge in [0.05, 0.1) is 22.2 Å². The normalized spacial score (nSPS) is 19.2. The molecule has 3 fully saturated rings. The van der Waals surface area contributed by atoms with Crippen molar-refractivity contribution in [3.8, 4) is 35.4 Å². The number of hydrogen-bond acceptors (Lipinski definition) is 7. The van der Waals surface area contributed by atoms with Gasteiger partial charge in [0.15, 0.2) is 5.82 Å². The summed E-state index contributed by atoms with van der Waals surface area (Å²) >= 11 is 0. The third kappa shape index (κ3) is 3.85. The van der Waals surface area contributed by atoms with Crippen molar-refractivity contribution in [2.24, 2.45) is 0 Å². The minimum absolute atomic E-state index is 0.0136. The molecule has 0 bridgehead atoms. The molecular formula is C34H31F2N5O2. The van der Waals surface area contributed by atoms with Crippen LogP contribution in [0.15, 0.2) is 30.0 Å². The summed E-state index contributed by atoms with van der Waals surface area (Å²) in [6, 6.07) is 5.78. The number of phenols is 1. The number of hydrogen-bond donors (Lipinski definition) is 1. The van der Waals surface area contributed by atoms with Crippen LogP contribution in [0.1, 0.15) is 63.1 Å². The Hall–Kier alpha value is -4.29. The van der Waals surface area contributed by atoms with E-state index in [0.717, 1.165) is 75.9 Å². The van der Waals surface area contributed by atoms with Gasteiger partial charge in [-0.1, -0.05) is 12.0 Å². The van der Waals surface area contributed by atoms with Gasteiger partial charge in [-0.15, -0.1) is 6.42 Å². The molecule has 0 radical (unpaired) electrons. The molecule has 0 spiro atoms. The lowest BCUT2D eigenvalue weighted by Crippen LogP contribution is -2.43. The minimum Gasteiger partial charge on any atom is -0.508 e. The topological polar surface area (TPSA) is 74.6 Å². The average Bonchev–Trinajstić information content (AvgIpc) is 3.60. The number of allylic oxidation sites excluding steroid dienone is 2. The Bertz CT molecular complexity index is 1920. The molecule has 4 aliphatic heterocycles. The molecule has 0 amide bonds. The maximum Gasteiger partial charge on any atom is 0.319 e. The molecule has 0 unspecified atom stereocenters. The zero-order valence-corrected chi connectivity index (χ0v) is 24.0. The summed E-state index contributed by atoms with van der Waals surface area (Å²) < 4.78 is 38.1. The van der Waals surface area contributed by atoms with Gasteiger partial charge >= 0.3 is 6.01 Å². The fourth-order valence-corrected chi connectivity index (χ4v) is 7.85. The van der Waals surface area contributed by atoms with E-state index in [1.165, 1.54) is 24.3 Å². The lowest BCUT2D eigenvalue weighted by molar-refractivity contribution is 0.108. The van der Waals surface area contributed by atoms with Crippen molar-refractivity contribution in [3.05, 3.63) is 52.9 Å². The van der Waals surface area contributed by atoms with Crippen molar-refractivity contribution in [3.63, 3.8) is 0 Å². The van der Waals surface area contributed by atoms with E-state index >= 15 is 4.39 Å². The number of terminal acetylenes is 1. The maximum absolute atomic E-state index is 16.9. The first-order chi connectivity index (χ1) is 20.9. The van der Waals surface area contributed by atoms with Crippen LogP contribution >= 0.6 is 0 Å². The van der Waals surface area contributed by atoms with Gasteiger partial charge in [-0.05, 0) is 94.1 Å². The number of halogens is 2. The first-order valence-corrected chi connectivity index (χ1v) is 15.1. The number of nitrogens with zero attached hydrogens (tertiary/aromatic N) is 5. The van der Waals surface area contributed by atoms with Gasteiger partial charge in [-0.3, -0.25) is 4.90 Å². The Balaban J connectivity index is 1.37. The average molecular weight is 580 g/mol. The quantitative estimate of drug-likeness (QED) is 0.275. The van der Waals surface area contributed by atoms with Crippen LogP contribution in [0.2, 0.25) is 0 Å². The molecular weight excluding hydrogens is 548 g/mol. The Kier molecular flexibility index (Phi) is 5.89. The van der Waals surface area contributed by atoms with Crippen molar-refractivity contribution >= 4 is 33.1 Å². The van der Waals surface area contributed by atoms with E-state index in [-0.39, 0.29) is 39.6 Å². The molecule has 4 aliphatic rings. The molecule has 9 heteroatoms. The SMILES string of the molecule is C#Cc1c(F)ccc2cc(O)cc(-c3nc4c5c(nc(OCC67CCCN6CCC7)nc5c3F)N3CCCCC3=C4C)c12. The van der Waals surface area contributed by atoms with Gasteiger partial charge in [-0.25, -0.2) is 13.8 Å². The number of ether oxygens (including phenoxy) is 1. The largest absolute Gasteiger partial charge is 0.508 e. The van der Waals surface area contributed by atoms with E-state index in [1.54, 1.807) is 0 Å². The number of aromatic hydroxyl groups is 1. The van der Waals surface area contributed by atoms with Gasteiger partial charge in [0.2, 0.25) is 0 Å². The molecule has 0 aliphatic carbocycles. The minimum atomic E-state index is -0.693. The Morgan fingerprint density at radius 1 is 1.00 bits per heavy atom. The summed E-state index contributed by atoms with van der Waals surface area (Å²) in [5, 5.41) is 12.0. The second-order valence-electron chi connectivity index (χ2n) is 12.2. The lowest BCUT2D eigenvalue weighted by Gasteiger charge is -2.37. The van der Waals surface area contributed by atoms with Crippen molar-refractivity contribution in [2.75, 3.05) is 31.1 Å². The van der Waals surface area contributed by atoms with Crippen LogP contribution < -0.4 is 9.64 Å². The summed E-state index contributed by atoms with van der Waals surface area (Å²) in [6.07, 6.45) is 13.0. The number of rotatable bonds is 4. The number of piperidine rings is 1. The second-order valence-corrected chi connectivity index (χ2v) is 12.2. The van der Waals surface area contributed by atoms with Crippen LogP contribution in [0.5, 0.6) is 11.8 Å².